The van der Waals surface area contributed by atoms with Crippen LogP contribution in [-0.2, 0) is 22.7 Å². The molecule has 1 aromatic carbocycles. The van der Waals surface area contributed by atoms with Crippen LogP contribution in [0.25, 0.3) is 0 Å². The lowest BCUT2D eigenvalue weighted by Crippen LogP contribution is -2.44. The number of nitrogens with one attached hydrogen (secondary N) is 1. The highest BCUT2D eigenvalue weighted by atomic mass is 16.5. The fourth-order valence-corrected chi connectivity index (χ4v) is 3.61. The Kier molecular flexibility index (Phi) is 6.24. The van der Waals surface area contributed by atoms with Gasteiger partial charge >= 0.3 is 0 Å². The first-order chi connectivity index (χ1) is 11.8. The van der Waals surface area contributed by atoms with Gasteiger partial charge in [-0.15, -0.1) is 0 Å². The number of likely N-dealkylation sites (tertiary alicyclic amines) is 1. The van der Waals surface area contributed by atoms with Crippen molar-refractivity contribution in [3.63, 3.8) is 0 Å². The first-order valence-corrected chi connectivity index (χ1v) is 9.04. The molecule has 1 atom stereocenters. The fraction of sp³-hybridized carbons (Fsp3) is 0.632. The second kappa shape index (κ2) is 8.60. The van der Waals surface area contributed by atoms with Gasteiger partial charge in [0.25, 0.3) is 0 Å². The number of aliphatic hydroxyl groups excluding tert-OH is 1. The molecule has 1 amide bonds. The van der Waals surface area contributed by atoms with E-state index < -0.39 is 0 Å². The Balaban J connectivity index is 1.50. The van der Waals surface area contributed by atoms with Crippen LogP contribution in [0.2, 0.25) is 0 Å². The first kappa shape index (κ1) is 17.4. The fourth-order valence-electron chi connectivity index (χ4n) is 3.61. The quantitative estimate of drug-likeness (QED) is 0.832. The SMILES string of the molecule is O=C(NCC1CCOCC1)C1CCCN1Cc1ccc(CO)cc1. The summed E-state index contributed by atoms with van der Waals surface area (Å²) in [5.74, 6) is 0.731. The maximum absolute atomic E-state index is 12.6. The number of aliphatic hydroxyl groups is 1. The summed E-state index contributed by atoms with van der Waals surface area (Å²) >= 11 is 0. The summed E-state index contributed by atoms with van der Waals surface area (Å²) in [7, 11) is 0. The highest BCUT2D eigenvalue weighted by Crippen LogP contribution is 2.21. The second-order valence-corrected chi connectivity index (χ2v) is 6.90. The summed E-state index contributed by atoms with van der Waals surface area (Å²) < 4.78 is 5.37. The summed E-state index contributed by atoms with van der Waals surface area (Å²) in [5, 5.41) is 12.3. The van der Waals surface area contributed by atoms with Gasteiger partial charge in [-0.3, -0.25) is 9.69 Å². The summed E-state index contributed by atoms with van der Waals surface area (Å²) in [5.41, 5.74) is 2.11. The molecule has 0 spiro atoms. The molecule has 0 radical (unpaired) electrons. The van der Waals surface area contributed by atoms with Crippen LogP contribution in [0.5, 0.6) is 0 Å². The van der Waals surface area contributed by atoms with E-state index in [1.165, 1.54) is 5.56 Å². The van der Waals surface area contributed by atoms with Gasteiger partial charge < -0.3 is 15.2 Å². The number of carbonyl (C=O) groups is 1. The van der Waals surface area contributed by atoms with Gasteiger partial charge in [0.1, 0.15) is 0 Å². The summed E-state index contributed by atoms with van der Waals surface area (Å²) in [6, 6.07) is 7.97. The molecular weight excluding hydrogens is 304 g/mol. The van der Waals surface area contributed by atoms with Gasteiger partial charge in [-0.1, -0.05) is 24.3 Å². The van der Waals surface area contributed by atoms with Crippen molar-refractivity contribution < 1.29 is 14.6 Å². The Morgan fingerprint density at radius 1 is 1.17 bits per heavy atom. The van der Waals surface area contributed by atoms with Crippen LogP contribution in [0.1, 0.15) is 36.8 Å². The van der Waals surface area contributed by atoms with E-state index in [1.54, 1.807) is 0 Å². The predicted molar refractivity (Wildman–Crippen MR) is 92.3 cm³/mol. The molecular formula is C19H28N2O3. The van der Waals surface area contributed by atoms with Crippen molar-refractivity contribution in [2.45, 2.75) is 44.9 Å². The molecule has 5 nitrogen and oxygen atoms in total. The number of nitrogens with zero attached hydrogens (tertiary/aromatic N) is 1. The molecule has 2 saturated heterocycles. The standard InChI is InChI=1S/C19H28N2O3/c22-14-17-5-3-16(4-6-17)13-21-9-1-2-18(21)19(23)20-12-15-7-10-24-11-8-15/h3-6,15,18,22H,1-2,7-14H2,(H,20,23). The highest BCUT2D eigenvalue weighted by Gasteiger charge is 2.30. The molecule has 24 heavy (non-hydrogen) atoms. The van der Waals surface area contributed by atoms with Gasteiger partial charge in [0.2, 0.25) is 5.91 Å². The summed E-state index contributed by atoms with van der Waals surface area (Å²) in [4.78, 5) is 14.8. The zero-order valence-corrected chi connectivity index (χ0v) is 14.2. The van der Waals surface area contributed by atoms with Crippen molar-refractivity contribution in [3.05, 3.63) is 35.4 Å². The molecule has 132 valence electrons. The molecule has 2 aliphatic rings. The van der Waals surface area contributed by atoms with E-state index in [0.717, 1.165) is 64.1 Å². The van der Waals surface area contributed by atoms with Crippen LogP contribution >= 0.6 is 0 Å². The van der Waals surface area contributed by atoms with Crippen molar-refractivity contribution in [1.82, 2.24) is 10.2 Å². The van der Waals surface area contributed by atoms with E-state index in [-0.39, 0.29) is 18.6 Å². The lowest BCUT2D eigenvalue weighted by atomic mass is 10.0. The van der Waals surface area contributed by atoms with Crippen LogP contribution in [0.3, 0.4) is 0 Å². The maximum atomic E-state index is 12.6. The zero-order valence-electron chi connectivity index (χ0n) is 14.2. The molecule has 0 bridgehead atoms. The van der Waals surface area contributed by atoms with E-state index in [2.05, 4.69) is 10.2 Å². The monoisotopic (exact) mass is 332 g/mol. The van der Waals surface area contributed by atoms with E-state index in [4.69, 9.17) is 9.84 Å². The normalized spacial score (nSPS) is 22.6. The van der Waals surface area contributed by atoms with Crippen molar-refractivity contribution in [2.24, 2.45) is 5.92 Å². The number of ether oxygens (including phenoxy) is 1. The smallest absolute Gasteiger partial charge is 0.237 e. The van der Waals surface area contributed by atoms with Gasteiger partial charge in [-0.25, -0.2) is 0 Å². The van der Waals surface area contributed by atoms with Crippen LogP contribution in [0.4, 0.5) is 0 Å². The maximum Gasteiger partial charge on any atom is 0.237 e. The Bertz CT molecular complexity index is 526. The largest absolute Gasteiger partial charge is 0.392 e. The average Bonchev–Trinajstić information content (AvgIpc) is 3.09. The Labute approximate surface area is 144 Å². The molecule has 1 unspecified atom stereocenters. The third kappa shape index (κ3) is 4.56. The number of hydrogen-bond donors (Lipinski definition) is 2. The Morgan fingerprint density at radius 3 is 2.58 bits per heavy atom. The highest BCUT2D eigenvalue weighted by molar-refractivity contribution is 5.82. The lowest BCUT2D eigenvalue weighted by molar-refractivity contribution is -0.126. The van der Waals surface area contributed by atoms with Crippen LogP contribution in [-0.4, -0.2) is 48.3 Å². The van der Waals surface area contributed by atoms with E-state index in [9.17, 15) is 4.79 Å². The molecule has 2 fully saturated rings. The van der Waals surface area contributed by atoms with Crippen LogP contribution < -0.4 is 5.32 Å². The molecule has 0 aliphatic carbocycles. The van der Waals surface area contributed by atoms with Crippen molar-refractivity contribution >= 4 is 5.91 Å². The topological polar surface area (TPSA) is 61.8 Å². The third-order valence-corrected chi connectivity index (χ3v) is 5.16. The first-order valence-electron chi connectivity index (χ1n) is 9.04. The average molecular weight is 332 g/mol. The molecule has 2 N–H and O–H groups in total. The minimum atomic E-state index is -0.0117. The van der Waals surface area contributed by atoms with Crippen molar-refractivity contribution in [2.75, 3.05) is 26.3 Å². The summed E-state index contributed by atoms with van der Waals surface area (Å²) in [6.07, 6.45) is 4.11. The second-order valence-electron chi connectivity index (χ2n) is 6.90. The van der Waals surface area contributed by atoms with E-state index >= 15 is 0 Å². The number of carbonyl (C=O) groups excluding carboxylic acids is 1. The Morgan fingerprint density at radius 2 is 1.88 bits per heavy atom. The van der Waals surface area contributed by atoms with E-state index in [1.807, 2.05) is 24.3 Å². The minimum absolute atomic E-state index is 0.0117. The number of hydrogen-bond acceptors (Lipinski definition) is 4. The third-order valence-electron chi connectivity index (χ3n) is 5.16. The van der Waals surface area contributed by atoms with Gasteiger partial charge in [-0.2, -0.15) is 0 Å². The minimum Gasteiger partial charge on any atom is -0.392 e. The molecule has 2 aliphatic heterocycles. The van der Waals surface area contributed by atoms with Crippen LogP contribution in [0, 0.1) is 5.92 Å². The molecule has 2 heterocycles. The summed E-state index contributed by atoms with van der Waals surface area (Å²) in [6.45, 7) is 4.25. The molecule has 1 aromatic rings. The number of rotatable bonds is 6. The van der Waals surface area contributed by atoms with Gasteiger partial charge in [0.05, 0.1) is 12.6 Å². The van der Waals surface area contributed by atoms with Crippen LogP contribution in [0.15, 0.2) is 24.3 Å². The van der Waals surface area contributed by atoms with Crippen molar-refractivity contribution in [1.29, 1.82) is 0 Å². The lowest BCUT2D eigenvalue weighted by Gasteiger charge is -2.26. The van der Waals surface area contributed by atoms with Gasteiger partial charge in [0, 0.05) is 26.3 Å². The predicted octanol–water partition coefficient (Wildman–Crippen LogP) is 1.69. The van der Waals surface area contributed by atoms with Crippen molar-refractivity contribution in [3.8, 4) is 0 Å². The molecule has 0 saturated carbocycles. The van der Waals surface area contributed by atoms with E-state index in [0.29, 0.717) is 5.92 Å². The Hall–Kier alpha value is -1.43. The number of amides is 1. The molecule has 5 heteroatoms. The number of benzene rings is 1. The zero-order chi connectivity index (χ0) is 16.8. The van der Waals surface area contributed by atoms with Gasteiger partial charge in [0.15, 0.2) is 0 Å². The molecule has 3 rings (SSSR count). The molecule has 0 aromatic heterocycles. The van der Waals surface area contributed by atoms with Gasteiger partial charge in [-0.05, 0) is 49.3 Å².